The van der Waals surface area contributed by atoms with Gasteiger partial charge in [0.05, 0.1) is 6.07 Å². The molecule has 2 rings (SSSR count). The Kier molecular flexibility index (Phi) is 4.27. The van der Waals surface area contributed by atoms with Crippen molar-refractivity contribution in [1.82, 2.24) is 4.90 Å². The topological polar surface area (TPSA) is 44.1 Å². The molecule has 1 aliphatic carbocycles. The first kappa shape index (κ1) is 13.4. The molecule has 0 aromatic heterocycles. The van der Waals surface area contributed by atoms with Crippen molar-refractivity contribution < 1.29 is 4.79 Å². The summed E-state index contributed by atoms with van der Waals surface area (Å²) in [6.45, 7) is 4.80. The molecule has 0 N–H and O–H groups in total. The summed E-state index contributed by atoms with van der Waals surface area (Å²) in [5, 5.41) is 9.20. The summed E-state index contributed by atoms with van der Waals surface area (Å²) in [4.78, 5) is 14.6. The first-order chi connectivity index (χ1) is 8.65. The number of carbonyl (C=O) groups is 1. The van der Waals surface area contributed by atoms with Gasteiger partial charge in [-0.15, -0.1) is 0 Å². The van der Waals surface area contributed by atoms with E-state index in [9.17, 15) is 10.1 Å². The minimum atomic E-state index is -0.453. The average molecular weight is 248 g/mol. The fourth-order valence-corrected chi connectivity index (χ4v) is 3.57. The second-order valence-electron chi connectivity index (χ2n) is 6.14. The highest BCUT2D eigenvalue weighted by molar-refractivity contribution is 5.82. The summed E-state index contributed by atoms with van der Waals surface area (Å²) in [6, 6.07) is 2.63. The van der Waals surface area contributed by atoms with Crippen LogP contribution in [0.3, 0.4) is 0 Å². The molecule has 1 saturated carbocycles. The van der Waals surface area contributed by atoms with E-state index in [1.165, 1.54) is 25.7 Å². The smallest absolute Gasteiger partial charge is 0.240 e. The largest absolute Gasteiger partial charge is 0.338 e. The average Bonchev–Trinajstić information content (AvgIpc) is 2.38. The van der Waals surface area contributed by atoms with Crippen LogP contribution >= 0.6 is 0 Å². The van der Waals surface area contributed by atoms with E-state index in [0.29, 0.717) is 12.0 Å². The summed E-state index contributed by atoms with van der Waals surface area (Å²) in [5.74, 6) is 0.448. The Bertz CT molecular complexity index is 343. The quantitative estimate of drug-likeness (QED) is 0.754. The summed E-state index contributed by atoms with van der Waals surface area (Å²) in [5.41, 5.74) is 0. The van der Waals surface area contributed by atoms with Gasteiger partial charge in [0.15, 0.2) is 0 Å². The molecule has 2 fully saturated rings. The van der Waals surface area contributed by atoms with Crippen LogP contribution in [0.2, 0.25) is 0 Å². The lowest BCUT2D eigenvalue weighted by molar-refractivity contribution is -0.141. The molecule has 1 saturated heterocycles. The van der Waals surface area contributed by atoms with Crippen LogP contribution in [0.5, 0.6) is 0 Å². The normalized spacial score (nSPS) is 29.6. The molecule has 0 aromatic rings. The minimum absolute atomic E-state index is 0.0871. The molecule has 2 aliphatic rings. The van der Waals surface area contributed by atoms with E-state index in [0.717, 1.165) is 19.4 Å². The van der Waals surface area contributed by atoms with Crippen LogP contribution in [-0.4, -0.2) is 23.4 Å². The van der Waals surface area contributed by atoms with Crippen LogP contribution in [0, 0.1) is 29.1 Å². The molecule has 100 valence electrons. The highest BCUT2D eigenvalue weighted by atomic mass is 16.2. The maximum atomic E-state index is 12.5. The first-order valence-corrected chi connectivity index (χ1v) is 7.35. The Morgan fingerprint density at radius 1 is 1.22 bits per heavy atom. The van der Waals surface area contributed by atoms with E-state index in [1.807, 2.05) is 18.7 Å². The number of likely N-dealkylation sites (tertiary alicyclic amines) is 1. The number of nitrogens with zero attached hydrogens (tertiary/aromatic N) is 2. The Morgan fingerprint density at radius 3 is 2.56 bits per heavy atom. The monoisotopic (exact) mass is 248 g/mol. The van der Waals surface area contributed by atoms with Gasteiger partial charge in [-0.2, -0.15) is 5.26 Å². The number of piperidine rings is 1. The minimum Gasteiger partial charge on any atom is -0.338 e. The van der Waals surface area contributed by atoms with Crippen molar-refractivity contribution in [3.63, 3.8) is 0 Å². The van der Waals surface area contributed by atoms with Gasteiger partial charge >= 0.3 is 0 Å². The van der Waals surface area contributed by atoms with Crippen molar-refractivity contribution >= 4 is 5.91 Å². The van der Waals surface area contributed by atoms with E-state index in [2.05, 4.69) is 6.07 Å². The molecule has 18 heavy (non-hydrogen) atoms. The molecule has 1 amide bonds. The molecule has 0 bridgehead atoms. The van der Waals surface area contributed by atoms with Crippen molar-refractivity contribution in [2.45, 2.75) is 58.4 Å². The van der Waals surface area contributed by atoms with Gasteiger partial charge in [0.25, 0.3) is 0 Å². The number of nitriles is 1. The third-order valence-electron chi connectivity index (χ3n) is 4.60. The lowest BCUT2D eigenvalue weighted by Gasteiger charge is -2.45. The maximum Gasteiger partial charge on any atom is 0.240 e. The van der Waals surface area contributed by atoms with Gasteiger partial charge < -0.3 is 4.90 Å². The number of fused-ring (bicyclic) bond motifs is 1. The fourth-order valence-electron chi connectivity index (χ4n) is 3.57. The van der Waals surface area contributed by atoms with Crippen LogP contribution in [0.15, 0.2) is 0 Å². The fraction of sp³-hybridized carbons (Fsp3) is 0.867. The SMILES string of the molecule is CC(C)C(C#N)C(=O)N1CCC[C@H]2CCCC[C@H]21. The molecule has 0 radical (unpaired) electrons. The zero-order valence-electron chi connectivity index (χ0n) is 11.6. The van der Waals surface area contributed by atoms with Crippen LogP contribution < -0.4 is 0 Å². The van der Waals surface area contributed by atoms with Crippen LogP contribution in [-0.2, 0) is 4.79 Å². The van der Waals surface area contributed by atoms with Crippen molar-refractivity contribution in [3.8, 4) is 6.07 Å². The number of carbonyl (C=O) groups excluding carboxylic acids is 1. The summed E-state index contributed by atoms with van der Waals surface area (Å²) < 4.78 is 0. The molecule has 1 heterocycles. The lowest BCUT2D eigenvalue weighted by atomic mass is 9.77. The van der Waals surface area contributed by atoms with Gasteiger partial charge in [0.1, 0.15) is 5.92 Å². The number of hydrogen-bond acceptors (Lipinski definition) is 2. The summed E-state index contributed by atoms with van der Waals surface area (Å²) >= 11 is 0. The van der Waals surface area contributed by atoms with E-state index in [1.54, 1.807) is 0 Å². The third-order valence-corrected chi connectivity index (χ3v) is 4.60. The van der Waals surface area contributed by atoms with Crippen LogP contribution in [0.4, 0.5) is 0 Å². The maximum absolute atomic E-state index is 12.5. The molecule has 3 atom stereocenters. The molecular formula is C15H24N2O. The Labute approximate surface area is 110 Å². The van der Waals surface area contributed by atoms with E-state index < -0.39 is 5.92 Å². The van der Waals surface area contributed by atoms with Crippen molar-refractivity contribution in [2.24, 2.45) is 17.8 Å². The van der Waals surface area contributed by atoms with Gasteiger partial charge in [0.2, 0.25) is 5.91 Å². The molecule has 1 aliphatic heterocycles. The number of rotatable bonds is 2. The Balaban J connectivity index is 2.11. The standard InChI is InChI=1S/C15H24N2O/c1-11(2)13(10-16)15(18)17-9-5-7-12-6-3-4-8-14(12)17/h11-14H,3-9H2,1-2H3/t12-,13?,14-/m1/s1. The second kappa shape index (κ2) is 5.73. The molecular weight excluding hydrogens is 224 g/mol. The Morgan fingerprint density at radius 2 is 1.89 bits per heavy atom. The van der Waals surface area contributed by atoms with E-state index in [-0.39, 0.29) is 11.8 Å². The number of hydrogen-bond donors (Lipinski definition) is 0. The third kappa shape index (κ3) is 2.53. The van der Waals surface area contributed by atoms with E-state index >= 15 is 0 Å². The van der Waals surface area contributed by atoms with Crippen molar-refractivity contribution in [3.05, 3.63) is 0 Å². The highest BCUT2D eigenvalue weighted by Gasteiger charge is 2.38. The molecule has 0 spiro atoms. The van der Waals surface area contributed by atoms with Crippen LogP contribution in [0.1, 0.15) is 52.4 Å². The number of amides is 1. The zero-order chi connectivity index (χ0) is 13.1. The van der Waals surface area contributed by atoms with Gasteiger partial charge in [0, 0.05) is 12.6 Å². The van der Waals surface area contributed by atoms with E-state index in [4.69, 9.17) is 0 Å². The lowest BCUT2D eigenvalue weighted by Crippen LogP contribution is -2.52. The van der Waals surface area contributed by atoms with Crippen molar-refractivity contribution in [1.29, 1.82) is 5.26 Å². The summed E-state index contributed by atoms with van der Waals surface area (Å²) in [7, 11) is 0. The highest BCUT2D eigenvalue weighted by Crippen LogP contribution is 2.36. The van der Waals surface area contributed by atoms with Gasteiger partial charge in [-0.05, 0) is 37.5 Å². The van der Waals surface area contributed by atoms with Gasteiger partial charge in [-0.25, -0.2) is 0 Å². The van der Waals surface area contributed by atoms with Crippen molar-refractivity contribution in [2.75, 3.05) is 6.54 Å². The van der Waals surface area contributed by atoms with Gasteiger partial charge in [-0.3, -0.25) is 4.79 Å². The first-order valence-electron chi connectivity index (χ1n) is 7.35. The molecule has 3 nitrogen and oxygen atoms in total. The zero-order valence-corrected chi connectivity index (χ0v) is 11.6. The second-order valence-corrected chi connectivity index (χ2v) is 6.14. The van der Waals surface area contributed by atoms with Gasteiger partial charge in [-0.1, -0.05) is 26.7 Å². The predicted molar refractivity (Wildman–Crippen MR) is 70.6 cm³/mol. The molecule has 3 heteroatoms. The molecule has 0 aromatic carbocycles. The predicted octanol–water partition coefficient (Wildman–Crippen LogP) is 2.96. The Hall–Kier alpha value is -1.04. The molecule has 1 unspecified atom stereocenters. The summed E-state index contributed by atoms with van der Waals surface area (Å²) in [6.07, 6.45) is 7.36. The van der Waals surface area contributed by atoms with Crippen LogP contribution in [0.25, 0.3) is 0 Å².